The van der Waals surface area contributed by atoms with E-state index in [0.29, 0.717) is 22.8 Å². The third-order valence-electron chi connectivity index (χ3n) is 3.77. The second kappa shape index (κ2) is 8.58. The first-order chi connectivity index (χ1) is 13.6. The van der Waals surface area contributed by atoms with Crippen molar-refractivity contribution in [3.05, 3.63) is 60.4 Å². The minimum Gasteiger partial charge on any atom is -0.496 e. The van der Waals surface area contributed by atoms with Crippen LogP contribution in [0.15, 0.2) is 54.9 Å². The molecular formula is C19H19N5O4. The molecule has 1 heterocycles. The van der Waals surface area contributed by atoms with Crippen molar-refractivity contribution in [2.45, 2.75) is 0 Å². The normalized spacial score (nSPS) is 10.1. The van der Waals surface area contributed by atoms with Crippen molar-refractivity contribution in [1.29, 1.82) is 0 Å². The number of carbonyl (C=O) groups is 1. The number of hydrazine groups is 1. The van der Waals surface area contributed by atoms with E-state index in [-0.39, 0.29) is 17.4 Å². The SMILES string of the molecule is COc1ccccc1Oc1ncnc(NNC(=O)c2ccccc2OC)c1N. The fraction of sp³-hybridized carbons (Fsp3) is 0.105. The number of benzene rings is 2. The molecule has 9 nitrogen and oxygen atoms in total. The summed E-state index contributed by atoms with van der Waals surface area (Å²) in [6.07, 6.45) is 1.26. The van der Waals surface area contributed by atoms with E-state index in [1.54, 1.807) is 42.5 Å². The Bertz CT molecular complexity index is 980. The van der Waals surface area contributed by atoms with Gasteiger partial charge in [0.2, 0.25) is 5.88 Å². The van der Waals surface area contributed by atoms with Gasteiger partial charge in [-0.1, -0.05) is 24.3 Å². The standard InChI is InChI=1S/C19H19N5O4/c1-26-13-8-4-3-7-12(13)18(25)24-23-17-16(20)19(22-11-21-17)28-15-10-6-5-9-14(15)27-2/h3-11H,20H2,1-2H3,(H,24,25)(H,21,22,23). The number of nitrogens with one attached hydrogen (secondary N) is 2. The van der Waals surface area contributed by atoms with Gasteiger partial charge in [0, 0.05) is 0 Å². The number of nitrogen functional groups attached to an aromatic ring is 1. The van der Waals surface area contributed by atoms with Gasteiger partial charge >= 0.3 is 0 Å². The number of nitrogens with two attached hydrogens (primary N) is 1. The van der Waals surface area contributed by atoms with E-state index in [0.717, 1.165) is 0 Å². The van der Waals surface area contributed by atoms with Crippen molar-refractivity contribution < 1.29 is 19.0 Å². The van der Waals surface area contributed by atoms with Crippen LogP contribution in [0.1, 0.15) is 10.4 Å². The molecule has 1 amide bonds. The first kappa shape index (κ1) is 18.8. The minimum atomic E-state index is -0.414. The molecule has 0 atom stereocenters. The van der Waals surface area contributed by atoms with E-state index in [9.17, 15) is 4.79 Å². The maximum Gasteiger partial charge on any atom is 0.273 e. The minimum absolute atomic E-state index is 0.119. The summed E-state index contributed by atoms with van der Waals surface area (Å²) >= 11 is 0. The highest BCUT2D eigenvalue weighted by molar-refractivity contribution is 5.97. The molecule has 0 unspecified atom stereocenters. The number of rotatable bonds is 7. The molecule has 0 fully saturated rings. The number of methoxy groups -OCH3 is 2. The highest BCUT2D eigenvalue weighted by Crippen LogP contribution is 2.34. The van der Waals surface area contributed by atoms with Gasteiger partial charge in [-0.15, -0.1) is 0 Å². The molecule has 144 valence electrons. The van der Waals surface area contributed by atoms with Gasteiger partial charge in [0.25, 0.3) is 5.91 Å². The number of carbonyl (C=O) groups excluding carboxylic acids is 1. The molecule has 0 bridgehead atoms. The Kier molecular flexibility index (Phi) is 5.75. The lowest BCUT2D eigenvalue weighted by molar-refractivity contribution is 0.0959. The van der Waals surface area contributed by atoms with Crippen molar-refractivity contribution in [2.75, 3.05) is 25.4 Å². The van der Waals surface area contributed by atoms with Crippen LogP contribution in [-0.4, -0.2) is 30.1 Å². The summed E-state index contributed by atoms with van der Waals surface area (Å²) in [5.41, 5.74) is 11.8. The van der Waals surface area contributed by atoms with Crippen LogP contribution < -0.4 is 30.8 Å². The highest BCUT2D eigenvalue weighted by atomic mass is 16.5. The zero-order valence-corrected chi connectivity index (χ0v) is 15.3. The predicted molar refractivity (Wildman–Crippen MR) is 104 cm³/mol. The van der Waals surface area contributed by atoms with E-state index >= 15 is 0 Å². The molecule has 0 spiro atoms. The van der Waals surface area contributed by atoms with E-state index in [1.807, 2.05) is 6.07 Å². The smallest absolute Gasteiger partial charge is 0.273 e. The lowest BCUT2D eigenvalue weighted by atomic mass is 10.2. The third kappa shape index (κ3) is 4.04. The van der Waals surface area contributed by atoms with Crippen LogP contribution in [0.4, 0.5) is 11.5 Å². The second-order valence-electron chi connectivity index (χ2n) is 5.47. The molecule has 0 saturated heterocycles. The monoisotopic (exact) mass is 381 g/mol. The summed E-state index contributed by atoms with van der Waals surface area (Å²) in [4.78, 5) is 20.4. The van der Waals surface area contributed by atoms with Crippen LogP contribution in [0.3, 0.4) is 0 Å². The van der Waals surface area contributed by atoms with Gasteiger partial charge in [0.05, 0.1) is 19.8 Å². The van der Waals surface area contributed by atoms with Gasteiger partial charge in [0.15, 0.2) is 17.3 Å². The number of nitrogens with zero attached hydrogens (tertiary/aromatic N) is 2. The Morgan fingerprint density at radius 2 is 1.57 bits per heavy atom. The van der Waals surface area contributed by atoms with Crippen molar-refractivity contribution in [1.82, 2.24) is 15.4 Å². The predicted octanol–water partition coefficient (Wildman–Crippen LogP) is 2.63. The van der Waals surface area contributed by atoms with Crippen LogP contribution in [0.2, 0.25) is 0 Å². The summed E-state index contributed by atoms with van der Waals surface area (Å²) < 4.78 is 16.1. The zero-order chi connectivity index (χ0) is 19.9. The van der Waals surface area contributed by atoms with E-state index in [2.05, 4.69) is 20.8 Å². The van der Waals surface area contributed by atoms with Crippen LogP contribution in [0.5, 0.6) is 23.1 Å². The highest BCUT2D eigenvalue weighted by Gasteiger charge is 2.15. The first-order valence-electron chi connectivity index (χ1n) is 8.24. The van der Waals surface area contributed by atoms with Gasteiger partial charge in [-0.05, 0) is 24.3 Å². The summed E-state index contributed by atoms with van der Waals surface area (Å²) in [7, 11) is 3.02. The molecule has 0 radical (unpaired) electrons. The molecule has 28 heavy (non-hydrogen) atoms. The van der Waals surface area contributed by atoms with Crippen molar-refractivity contribution in [2.24, 2.45) is 0 Å². The van der Waals surface area contributed by atoms with Crippen LogP contribution in [-0.2, 0) is 0 Å². The number of anilines is 2. The molecule has 0 aliphatic heterocycles. The number of para-hydroxylation sites is 3. The van der Waals surface area contributed by atoms with Crippen LogP contribution in [0.25, 0.3) is 0 Å². The molecule has 0 aliphatic rings. The van der Waals surface area contributed by atoms with Gasteiger partial charge < -0.3 is 19.9 Å². The Balaban J connectivity index is 1.75. The number of aromatic nitrogens is 2. The molecule has 3 aromatic rings. The topological polar surface area (TPSA) is 121 Å². The molecule has 3 rings (SSSR count). The molecule has 1 aromatic heterocycles. The third-order valence-corrected chi connectivity index (χ3v) is 3.77. The molecular weight excluding hydrogens is 362 g/mol. The Labute approximate surface area is 161 Å². The zero-order valence-electron chi connectivity index (χ0n) is 15.3. The molecule has 2 aromatic carbocycles. The lowest BCUT2D eigenvalue weighted by Gasteiger charge is -2.14. The largest absolute Gasteiger partial charge is 0.496 e. The number of amides is 1. The van der Waals surface area contributed by atoms with Gasteiger partial charge in [-0.2, -0.15) is 4.98 Å². The van der Waals surface area contributed by atoms with Gasteiger partial charge in [-0.25, -0.2) is 4.98 Å². The molecule has 4 N–H and O–H groups in total. The van der Waals surface area contributed by atoms with Gasteiger partial charge in [0.1, 0.15) is 17.8 Å². The van der Waals surface area contributed by atoms with Crippen molar-refractivity contribution in [3.8, 4) is 23.1 Å². The summed E-state index contributed by atoms with van der Waals surface area (Å²) in [5, 5.41) is 0. The van der Waals surface area contributed by atoms with Crippen molar-refractivity contribution in [3.63, 3.8) is 0 Å². The molecule has 0 saturated carbocycles. The Hall–Kier alpha value is -4.01. The van der Waals surface area contributed by atoms with Crippen molar-refractivity contribution >= 4 is 17.4 Å². The van der Waals surface area contributed by atoms with E-state index in [4.69, 9.17) is 19.9 Å². The second-order valence-corrected chi connectivity index (χ2v) is 5.47. The van der Waals surface area contributed by atoms with E-state index < -0.39 is 5.91 Å². The Morgan fingerprint density at radius 1 is 0.929 bits per heavy atom. The maximum atomic E-state index is 12.4. The fourth-order valence-corrected chi connectivity index (χ4v) is 2.38. The average molecular weight is 381 g/mol. The lowest BCUT2D eigenvalue weighted by Crippen LogP contribution is -2.30. The number of ether oxygens (including phenoxy) is 3. The van der Waals surface area contributed by atoms with Crippen LogP contribution >= 0.6 is 0 Å². The number of hydrogen-bond acceptors (Lipinski definition) is 8. The molecule has 0 aliphatic carbocycles. The van der Waals surface area contributed by atoms with E-state index in [1.165, 1.54) is 20.5 Å². The summed E-state index contributed by atoms with van der Waals surface area (Å²) in [6, 6.07) is 13.9. The number of hydrogen-bond donors (Lipinski definition) is 3. The summed E-state index contributed by atoms with van der Waals surface area (Å²) in [6.45, 7) is 0. The molecule has 9 heteroatoms. The van der Waals surface area contributed by atoms with Gasteiger partial charge in [-0.3, -0.25) is 15.6 Å². The Morgan fingerprint density at radius 3 is 2.29 bits per heavy atom. The fourth-order valence-electron chi connectivity index (χ4n) is 2.38. The quantitative estimate of drug-likeness (QED) is 0.534. The first-order valence-corrected chi connectivity index (χ1v) is 8.24. The van der Waals surface area contributed by atoms with Crippen LogP contribution in [0, 0.1) is 0 Å². The maximum absolute atomic E-state index is 12.4. The average Bonchev–Trinajstić information content (AvgIpc) is 2.74. The summed E-state index contributed by atoms with van der Waals surface area (Å²) in [5.74, 6) is 1.30.